The average molecular weight is 486 g/mol. The first-order valence-corrected chi connectivity index (χ1v) is 12.2. The maximum atomic E-state index is 13.5. The molecule has 3 saturated carbocycles. The first kappa shape index (κ1) is 23.3. The summed E-state index contributed by atoms with van der Waals surface area (Å²) in [4.78, 5) is 17.6. The summed E-state index contributed by atoms with van der Waals surface area (Å²) in [6.07, 6.45) is 7.62. The van der Waals surface area contributed by atoms with E-state index < -0.39 is 17.0 Å². The van der Waals surface area contributed by atoms with Gasteiger partial charge in [-0.05, 0) is 75.0 Å². The first-order valence-electron chi connectivity index (χ1n) is 11.9. The number of nitrogens with zero attached hydrogens (tertiary/aromatic N) is 2. The summed E-state index contributed by atoms with van der Waals surface area (Å²) < 4.78 is 15.2. The third-order valence-corrected chi connectivity index (χ3v) is 8.10. The number of fused-ring (bicyclic) bond motifs is 1. The highest BCUT2D eigenvalue weighted by Crippen LogP contribution is 2.54. The molecule has 0 bridgehead atoms. The Balaban J connectivity index is 1.25. The second kappa shape index (κ2) is 8.67. The molecule has 2 unspecified atom stereocenters. The van der Waals surface area contributed by atoms with Crippen molar-refractivity contribution in [1.82, 2.24) is 9.55 Å². The van der Waals surface area contributed by atoms with Gasteiger partial charge in [-0.2, -0.15) is 0 Å². The zero-order valence-electron chi connectivity index (χ0n) is 19.2. The van der Waals surface area contributed by atoms with Gasteiger partial charge in [0, 0.05) is 25.1 Å². The van der Waals surface area contributed by atoms with Crippen molar-refractivity contribution in [2.75, 3.05) is 5.32 Å². The minimum absolute atomic E-state index is 0.0518. The van der Waals surface area contributed by atoms with Crippen LogP contribution in [0, 0.1) is 29.5 Å². The quantitative estimate of drug-likeness (QED) is 0.560. The number of imidazole rings is 1. The van der Waals surface area contributed by atoms with Crippen LogP contribution in [-0.4, -0.2) is 36.9 Å². The van der Waals surface area contributed by atoms with Gasteiger partial charge in [-0.1, -0.05) is 23.4 Å². The number of aryl methyl sites for hydroxylation is 1. The lowest BCUT2D eigenvalue weighted by atomic mass is 9.78. The fourth-order valence-electron chi connectivity index (χ4n) is 5.91. The third kappa shape index (κ3) is 4.47. The highest BCUT2D eigenvalue weighted by molar-refractivity contribution is 6.31. The van der Waals surface area contributed by atoms with E-state index in [-0.39, 0.29) is 16.8 Å². The van der Waals surface area contributed by atoms with E-state index in [1.165, 1.54) is 18.2 Å². The van der Waals surface area contributed by atoms with Gasteiger partial charge in [0.05, 0.1) is 22.6 Å². The van der Waals surface area contributed by atoms with Gasteiger partial charge in [0.1, 0.15) is 17.1 Å². The predicted molar refractivity (Wildman–Crippen MR) is 127 cm³/mol. The molecular weight excluding hydrogens is 457 g/mol. The van der Waals surface area contributed by atoms with Crippen LogP contribution >= 0.6 is 11.6 Å². The SMILES string of the molecule is Cn1cnc(C2CC3CC(O)(C#CCC4(O)CCC4)CC3C2)c1C(=O)Nc1ccc(F)c(Cl)c1. The molecule has 0 saturated heterocycles. The number of nitrogens with one attached hydrogen (secondary N) is 1. The van der Waals surface area contributed by atoms with Crippen molar-refractivity contribution in [3.63, 3.8) is 0 Å². The normalized spacial score (nSPS) is 29.1. The molecule has 3 aliphatic rings. The monoisotopic (exact) mass is 485 g/mol. The Kier molecular flexibility index (Phi) is 5.96. The second-order valence-electron chi connectivity index (χ2n) is 10.4. The topological polar surface area (TPSA) is 87.4 Å². The van der Waals surface area contributed by atoms with Crippen LogP contribution in [-0.2, 0) is 7.05 Å². The molecule has 5 rings (SSSR count). The van der Waals surface area contributed by atoms with Crippen molar-refractivity contribution in [3.05, 3.63) is 46.8 Å². The Labute approximate surface area is 203 Å². The van der Waals surface area contributed by atoms with Gasteiger partial charge in [0.15, 0.2) is 0 Å². The summed E-state index contributed by atoms with van der Waals surface area (Å²) in [6.45, 7) is 0. The molecule has 180 valence electrons. The predicted octanol–water partition coefficient (Wildman–Crippen LogP) is 4.41. The Bertz CT molecular complexity index is 1170. The molecule has 6 nitrogen and oxygen atoms in total. The van der Waals surface area contributed by atoms with E-state index >= 15 is 0 Å². The highest BCUT2D eigenvalue weighted by atomic mass is 35.5. The van der Waals surface area contributed by atoms with Crippen molar-refractivity contribution < 1.29 is 19.4 Å². The number of halogens is 2. The van der Waals surface area contributed by atoms with Gasteiger partial charge in [0.25, 0.3) is 5.91 Å². The molecule has 34 heavy (non-hydrogen) atoms. The molecule has 0 spiro atoms. The summed E-state index contributed by atoms with van der Waals surface area (Å²) in [5.41, 5.74) is 0.00532. The van der Waals surface area contributed by atoms with Crippen molar-refractivity contribution >= 4 is 23.2 Å². The van der Waals surface area contributed by atoms with E-state index in [1.807, 2.05) is 0 Å². The lowest BCUT2D eigenvalue weighted by Crippen LogP contribution is -2.36. The van der Waals surface area contributed by atoms with E-state index in [1.54, 1.807) is 17.9 Å². The summed E-state index contributed by atoms with van der Waals surface area (Å²) in [5, 5.41) is 24.0. The maximum absolute atomic E-state index is 13.5. The number of aliphatic hydroxyl groups is 2. The molecule has 1 aromatic carbocycles. The molecule has 0 radical (unpaired) electrons. The summed E-state index contributed by atoms with van der Waals surface area (Å²) in [5.74, 6) is 6.03. The fourth-order valence-corrected chi connectivity index (χ4v) is 6.09. The van der Waals surface area contributed by atoms with E-state index in [0.717, 1.165) is 37.8 Å². The second-order valence-corrected chi connectivity index (χ2v) is 10.8. The van der Waals surface area contributed by atoms with Crippen LogP contribution in [0.4, 0.5) is 10.1 Å². The minimum atomic E-state index is -0.993. The molecule has 2 aromatic rings. The molecule has 3 N–H and O–H groups in total. The van der Waals surface area contributed by atoms with E-state index in [0.29, 0.717) is 42.5 Å². The van der Waals surface area contributed by atoms with Crippen LogP contribution in [0.1, 0.15) is 73.5 Å². The summed E-state index contributed by atoms with van der Waals surface area (Å²) >= 11 is 5.84. The van der Waals surface area contributed by atoms with Crippen LogP contribution in [0.15, 0.2) is 24.5 Å². The van der Waals surface area contributed by atoms with E-state index in [9.17, 15) is 19.4 Å². The van der Waals surface area contributed by atoms with E-state index in [2.05, 4.69) is 22.1 Å². The number of carbonyl (C=O) groups excluding carboxylic acids is 1. The van der Waals surface area contributed by atoms with Crippen LogP contribution in [0.3, 0.4) is 0 Å². The number of hydrogen-bond donors (Lipinski definition) is 3. The minimum Gasteiger partial charge on any atom is -0.389 e. The van der Waals surface area contributed by atoms with Crippen molar-refractivity contribution in [2.24, 2.45) is 18.9 Å². The van der Waals surface area contributed by atoms with Crippen LogP contribution in [0.5, 0.6) is 0 Å². The Morgan fingerprint density at radius 2 is 2.00 bits per heavy atom. The molecule has 1 amide bonds. The maximum Gasteiger partial charge on any atom is 0.274 e. The summed E-state index contributed by atoms with van der Waals surface area (Å²) in [6, 6.07) is 4.08. The van der Waals surface area contributed by atoms with Gasteiger partial charge in [-0.3, -0.25) is 4.79 Å². The molecule has 1 aromatic heterocycles. The van der Waals surface area contributed by atoms with Crippen molar-refractivity contribution in [1.29, 1.82) is 0 Å². The standard InChI is InChI=1S/C26H29ClFN3O3/c1-31-15-29-22(23(31)24(32)30-19-4-5-21(28)20(27)12-19)16-10-17-13-26(34,14-18(17)11-16)9-3-8-25(33)6-2-7-25/h4-5,12,15-18,33-34H,2,6-8,10-11,13-14H2,1H3,(H,30,32). The Morgan fingerprint density at radius 3 is 2.62 bits per heavy atom. The molecular formula is C26H29ClFN3O3. The number of benzene rings is 1. The Morgan fingerprint density at radius 1 is 1.29 bits per heavy atom. The average Bonchev–Trinajstić information content (AvgIpc) is 3.40. The molecule has 1 heterocycles. The number of aromatic nitrogens is 2. The van der Waals surface area contributed by atoms with Crippen LogP contribution < -0.4 is 5.32 Å². The largest absolute Gasteiger partial charge is 0.389 e. The van der Waals surface area contributed by atoms with Gasteiger partial charge < -0.3 is 20.1 Å². The molecule has 8 heteroatoms. The fraction of sp³-hybridized carbons (Fsp3) is 0.538. The number of rotatable bonds is 4. The van der Waals surface area contributed by atoms with Gasteiger partial charge in [-0.15, -0.1) is 0 Å². The lowest BCUT2D eigenvalue weighted by Gasteiger charge is -2.34. The zero-order chi connectivity index (χ0) is 24.1. The van der Waals surface area contributed by atoms with Gasteiger partial charge >= 0.3 is 0 Å². The Hall–Kier alpha value is -2.40. The number of carbonyl (C=O) groups is 1. The number of amides is 1. The zero-order valence-corrected chi connectivity index (χ0v) is 19.9. The van der Waals surface area contributed by atoms with Crippen molar-refractivity contribution in [3.8, 4) is 11.8 Å². The lowest BCUT2D eigenvalue weighted by molar-refractivity contribution is -0.0281. The highest BCUT2D eigenvalue weighted by Gasteiger charge is 2.49. The van der Waals surface area contributed by atoms with E-state index in [4.69, 9.17) is 11.6 Å². The summed E-state index contributed by atoms with van der Waals surface area (Å²) in [7, 11) is 1.78. The van der Waals surface area contributed by atoms with Crippen molar-refractivity contribution in [2.45, 2.75) is 68.5 Å². The molecule has 3 aliphatic carbocycles. The van der Waals surface area contributed by atoms with Gasteiger partial charge in [-0.25, -0.2) is 9.37 Å². The molecule has 2 atom stereocenters. The van der Waals surface area contributed by atoms with Crippen LogP contribution in [0.25, 0.3) is 0 Å². The van der Waals surface area contributed by atoms with Crippen LogP contribution in [0.2, 0.25) is 5.02 Å². The first-order chi connectivity index (χ1) is 16.1. The smallest absolute Gasteiger partial charge is 0.274 e. The molecule has 0 aliphatic heterocycles. The number of anilines is 1. The molecule has 3 fully saturated rings. The van der Waals surface area contributed by atoms with Gasteiger partial charge in [0.2, 0.25) is 0 Å². The number of hydrogen-bond acceptors (Lipinski definition) is 4. The third-order valence-electron chi connectivity index (χ3n) is 7.81.